The van der Waals surface area contributed by atoms with Crippen LogP contribution in [0.4, 0.5) is 0 Å². The summed E-state index contributed by atoms with van der Waals surface area (Å²) < 4.78 is 1.94. The van der Waals surface area contributed by atoms with Crippen molar-refractivity contribution >= 4 is 5.84 Å². The van der Waals surface area contributed by atoms with Gasteiger partial charge in [-0.1, -0.05) is 0 Å². The predicted octanol–water partition coefficient (Wildman–Crippen LogP) is 1.16. The zero-order chi connectivity index (χ0) is 9.97. The average molecular weight is 186 g/mol. The monoisotopic (exact) mass is 186 g/mol. The quantitative estimate of drug-likeness (QED) is 0.545. The molecule has 2 heterocycles. The van der Waals surface area contributed by atoms with E-state index in [0.29, 0.717) is 5.69 Å². The van der Waals surface area contributed by atoms with E-state index >= 15 is 0 Å². The molecule has 0 amide bonds. The molecule has 0 aliphatic rings. The van der Waals surface area contributed by atoms with Crippen molar-refractivity contribution in [1.29, 1.82) is 5.41 Å². The van der Waals surface area contributed by atoms with E-state index in [0.717, 1.165) is 5.69 Å². The maximum absolute atomic E-state index is 7.26. The number of nitrogens with one attached hydrogen (secondary N) is 1. The van der Waals surface area contributed by atoms with Crippen LogP contribution in [0.3, 0.4) is 0 Å². The molecule has 14 heavy (non-hydrogen) atoms. The lowest BCUT2D eigenvalue weighted by Gasteiger charge is -2.03. The van der Waals surface area contributed by atoms with Crippen LogP contribution in [0.1, 0.15) is 5.69 Å². The number of pyridine rings is 1. The number of amidine groups is 1. The minimum atomic E-state index is -0.0148. The van der Waals surface area contributed by atoms with E-state index < -0.39 is 0 Å². The lowest BCUT2D eigenvalue weighted by atomic mass is 10.3. The molecule has 0 atom stereocenters. The Labute approximate surface area is 81.5 Å². The van der Waals surface area contributed by atoms with E-state index in [-0.39, 0.29) is 5.84 Å². The first-order valence-electron chi connectivity index (χ1n) is 4.21. The van der Waals surface area contributed by atoms with Gasteiger partial charge in [-0.15, -0.1) is 0 Å². The maximum Gasteiger partial charge on any atom is 0.141 e. The Morgan fingerprint density at radius 2 is 2.07 bits per heavy atom. The van der Waals surface area contributed by atoms with E-state index in [4.69, 9.17) is 11.1 Å². The molecule has 0 unspecified atom stereocenters. The number of nitrogens with two attached hydrogens (primary N) is 1. The van der Waals surface area contributed by atoms with Gasteiger partial charge in [0.25, 0.3) is 0 Å². The molecule has 0 spiro atoms. The van der Waals surface area contributed by atoms with Crippen LogP contribution in [0, 0.1) is 5.41 Å². The van der Waals surface area contributed by atoms with Gasteiger partial charge >= 0.3 is 0 Å². The molecule has 0 saturated carbocycles. The van der Waals surface area contributed by atoms with Gasteiger partial charge in [0.2, 0.25) is 0 Å². The van der Waals surface area contributed by atoms with Gasteiger partial charge in [0.15, 0.2) is 0 Å². The molecule has 2 aromatic rings. The first-order chi connectivity index (χ1) is 6.77. The molecule has 0 radical (unpaired) electrons. The third-order valence-corrected chi connectivity index (χ3v) is 1.92. The van der Waals surface area contributed by atoms with Crippen LogP contribution in [-0.2, 0) is 0 Å². The van der Waals surface area contributed by atoms with Crippen molar-refractivity contribution in [3.8, 4) is 5.69 Å². The Morgan fingerprint density at radius 1 is 1.36 bits per heavy atom. The van der Waals surface area contributed by atoms with Crippen LogP contribution in [0.15, 0.2) is 42.9 Å². The lowest BCUT2D eigenvalue weighted by molar-refractivity contribution is 1.06. The van der Waals surface area contributed by atoms with Crippen molar-refractivity contribution in [3.63, 3.8) is 0 Å². The van der Waals surface area contributed by atoms with Crippen LogP contribution < -0.4 is 5.73 Å². The molecule has 0 aromatic carbocycles. The number of nitrogens with zero attached hydrogens (tertiary/aromatic N) is 2. The highest BCUT2D eigenvalue weighted by Gasteiger charge is 2.00. The van der Waals surface area contributed by atoms with Crippen molar-refractivity contribution in [2.24, 2.45) is 5.73 Å². The average Bonchev–Trinajstić information content (AvgIpc) is 2.71. The summed E-state index contributed by atoms with van der Waals surface area (Å²) in [6, 6.07) is 7.52. The van der Waals surface area contributed by atoms with E-state index in [1.54, 1.807) is 12.3 Å². The van der Waals surface area contributed by atoms with Gasteiger partial charge in [-0.05, 0) is 24.3 Å². The number of nitrogen functional groups attached to an aromatic ring is 1. The lowest BCUT2D eigenvalue weighted by Crippen LogP contribution is -2.13. The fraction of sp³-hybridized carbons (Fsp3) is 0. The van der Waals surface area contributed by atoms with Crippen LogP contribution >= 0.6 is 0 Å². The number of hydrogen-bond donors (Lipinski definition) is 2. The highest BCUT2D eigenvalue weighted by Crippen LogP contribution is 2.07. The highest BCUT2D eigenvalue weighted by atomic mass is 14.9. The summed E-state index contributed by atoms with van der Waals surface area (Å²) in [4.78, 5) is 3.99. The van der Waals surface area contributed by atoms with E-state index in [2.05, 4.69) is 4.98 Å². The zero-order valence-corrected chi connectivity index (χ0v) is 7.51. The molecular formula is C10H10N4. The first-order valence-corrected chi connectivity index (χ1v) is 4.21. The Bertz CT molecular complexity index is 445. The van der Waals surface area contributed by atoms with Crippen molar-refractivity contribution in [2.45, 2.75) is 0 Å². The van der Waals surface area contributed by atoms with Crippen molar-refractivity contribution in [3.05, 3.63) is 48.5 Å². The topological polar surface area (TPSA) is 67.7 Å². The molecule has 2 rings (SSSR count). The molecule has 4 nitrogen and oxygen atoms in total. The minimum absolute atomic E-state index is 0.0148. The Balaban J connectivity index is 2.46. The predicted molar refractivity (Wildman–Crippen MR) is 54.6 cm³/mol. The van der Waals surface area contributed by atoms with Gasteiger partial charge in [-0.3, -0.25) is 10.4 Å². The second-order valence-electron chi connectivity index (χ2n) is 2.90. The van der Waals surface area contributed by atoms with Crippen LogP contribution in [0.2, 0.25) is 0 Å². The molecule has 0 bridgehead atoms. The smallest absolute Gasteiger partial charge is 0.141 e. The normalized spacial score (nSPS) is 10.0. The van der Waals surface area contributed by atoms with E-state index in [1.165, 1.54) is 0 Å². The fourth-order valence-electron chi connectivity index (χ4n) is 1.23. The SMILES string of the molecule is N=C(N)c1cc(-n2cccc2)ccn1. The molecule has 0 fully saturated rings. The zero-order valence-electron chi connectivity index (χ0n) is 7.51. The largest absolute Gasteiger partial charge is 0.382 e. The van der Waals surface area contributed by atoms with Crippen LogP contribution in [0.5, 0.6) is 0 Å². The molecular weight excluding hydrogens is 176 g/mol. The van der Waals surface area contributed by atoms with E-state index in [9.17, 15) is 0 Å². The molecule has 0 aliphatic carbocycles. The minimum Gasteiger partial charge on any atom is -0.382 e. The summed E-state index contributed by atoms with van der Waals surface area (Å²) in [5, 5.41) is 7.26. The van der Waals surface area contributed by atoms with Gasteiger partial charge in [0, 0.05) is 24.3 Å². The molecule has 4 heteroatoms. The van der Waals surface area contributed by atoms with Crippen molar-refractivity contribution in [2.75, 3.05) is 0 Å². The standard InChI is InChI=1S/C10H10N4/c11-10(12)9-7-8(3-4-13-9)14-5-1-2-6-14/h1-7H,(H3,11,12). The second kappa shape index (κ2) is 3.33. The number of hydrogen-bond acceptors (Lipinski definition) is 2. The van der Waals surface area contributed by atoms with Crippen LogP contribution in [0.25, 0.3) is 5.69 Å². The molecule has 0 aliphatic heterocycles. The summed E-state index contributed by atoms with van der Waals surface area (Å²) in [7, 11) is 0. The summed E-state index contributed by atoms with van der Waals surface area (Å²) in [6.45, 7) is 0. The van der Waals surface area contributed by atoms with Gasteiger partial charge in [-0.25, -0.2) is 0 Å². The van der Waals surface area contributed by atoms with Gasteiger partial charge < -0.3 is 10.3 Å². The van der Waals surface area contributed by atoms with Crippen LogP contribution in [-0.4, -0.2) is 15.4 Å². The Morgan fingerprint density at radius 3 is 2.71 bits per heavy atom. The molecule has 3 N–H and O–H groups in total. The second-order valence-corrected chi connectivity index (χ2v) is 2.90. The number of rotatable bonds is 2. The van der Waals surface area contributed by atoms with Crippen molar-refractivity contribution < 1.29 is 0 Å². The van der Waals surface area contributed by atoms with E-state index in [1.807, 2.05) is 35.2 Å². The van der Waals surface area contributed by atoms with Gasteiger partial charge in [0.1, 0.15) is 11.5 Å². The molecule has 2 aromatic heterocycles. The van der Waals surface area contributed by atoms with Gasteiger partial charge in [-0.2, -0.15) is 0 Å². The Hall–Kier alpha value is -2.10. The molecule has 0 saturated heterocycles. The van der Waals surface area contributed by atoms with Crippen molar-refractivity contribution in [1.82, 2.24) is 9.55 Å². The third-order valence-electron chi connectivity index (χ3n) is 1.92. The fourth-order valence-corrected chi connectivity index (χ4v) is 1.23. The van der Waals surface area contributed by atoms with Gasteiger partial charge in [0.05, 0.1) is 0 Å². The third kappa shape index (κ3) is 1.50. The summed E-state index contributed by atoms with van der Waals surface area (Å²) in [5.41, 5.74) is 6.80. The summed E-state index contributed by atoms with van der Waals surface area (Å²) in [5.74, 6) is -0.0148. The maximum atomic E-state index is 7.26. The number of aromatic nitrogens is 2. The highest BCUT2D eigenvalue weighted by molar-refractivity contribution is 5.93. The molecule has 70 valence electrons. The first kappa shape index (κ1) is 8.50. The Kier molecular flexibility index (Phi) is 2.02. The summed E-state index contributed by atoms with van der Waals surface area (Å²) in [6.07, 6.45) is 5.50. The summed E-state index contributed by atoms with van der Waals surface area (Å²) >= 11 is 0.